The molecular formula is C23H19ClN2O2. The molecule has 0 bridgehead atoms. The molecule has 0 spiro atoms. The van der Waals surface area contributed by atoms with E-state index in [0.29, 0.717) is 41.2 Å². The topological polar surface area (TPSA) is 46.3 Å². The van der Waals surface area contributed by atoms with E-state index < -0.39 is 0 Å². The minimum atomic E-state index is -0.0529. The first-order chi connectivity index (χ1) is 13.7. The molecule has 4 aromatic rings. The average Bonchev–Trinajstić information content (AvgIpc) is 2.72. The molecule has 0 aliphatic carbocycles. The van der Waals surface area contributed by atoms with Gasteiger partial charge < -0.3 is 4.42 Å². The Balaban J connectivity index is 1.65. The van der Waals surface area contributed by atoms with Gasteiger partial charge in [0.1, 0.15) is 5.58 Å². The number of nitrogens with zero attached hydrogens (tertiary/aromatic N) is 2. The van der Waals surface area contributed by atoms with Crippen molar-refractivity contribution >= 4 is 22.6 Å². The van der Waals surface area contributed by atoms with Crippen LogP contribution in [0, 0.1) is 0 Å². The number of rotatable bonds is 6. The van der Waals surface area contributed by atoms with E-state index in [0.717, 1.165) is 5.69 Å². The van der Waals surface area contributed by atoms with Crippen LogP contribution in [0.15, 0.2) is 88.4 Å². The summed E-state index contributed by atoms with van der Waals surface area (Å²) < 4.78 is 5.68. The first-order valence-corrected chi connectivity index (χ1v) is 9.43. The molecule has 2 aromatic carbocycles. The lowest BCUT2D eigenvalue weighted by atomic mass is 10.1. The smallest absolute Gasteiger partial charge is 0.197 e. The maximum Gasteiger partial charge on any atom is 0.197 e. The van der Waals surface area contributed by atoms with Gasteiger partial charge in [0, 0.05) is 36.4 Å². The molecule has 0 saturated heterocycles. The summed E-state index contributed by atoms with van der Waals surface area (Å²) in [6, 6.07) is 21.1. The number of hydrogen-bond donors (Lipinski definition) is 0. The number of benzene rings is 2. The van der Waals surface area contributed by atoms with Gasteiger partial charge in [-0.3, -0.25) is 14.7 Å². The van der Waals surface area contributed by atoms with E-state index in [1.807, 2.05) is 36.4 Å². The lowest BCUT2D eigenvalue weighted by Gasteiger charge is -2.22. The summed E-state index contributed by atoms with van der Waals surface area (Å²) in [4.78, 5) is 19.6. The Kier molecular flexibility index (Phi) is 5.51. The van der Waals surface area contributed by atoms with Crippen molar-refractivity contribution in [3.8, 4) is 0 Å². The van der Waals surface area contributed by atoms with Crippen LogP contribution in [0.4, 0.5) is 0 Å². The molecule has 0 unspecified atom stereocenters. The predicted molar refractivity (Wildman–Crippen MR) is 111 cm³/mol. The summed E-state index contributed by atoms with van der Waals surface area (Å²) in [5, 5.41) is 1.02. The van der Waals surface area contributed by atoms with Gasteiger partial charge in [0.15, 0.2) is 5.43 Å². The van der Waals surface area contributed by atoms with Crippen LogP contribution < -0.4 is 5.43 Å². The van der Waals surface area contributed by atoms with Crippen molar-refractivity contribution in [1.29, 1.82) is 0 Å². The Hall–Kier alpha value is -2.95. The van der Waals surface area contributed by atoms with Gasteiger partial charge in [0.05, 0.1) is 17.3 Å². The molecule has 5 heteroatoms. The number of hydrogen-bond acceptors (Lipinski definition) is 4. The average molecular weight is 391 g/mol. The Morgan fingerprint density at radius 2 is 1.75 bits per heavy atom. The molecule has 140 valence electrons. The Labute approximate surface area is 168 Å². The fourth-order valence-electron chi connectivity index (χ4n) is 3.22. The van der Waals surface area contributed by atoms with E-state index in [1.165, 1.54) is 5.56 Å². The predicted octanol–water partition coefficient (Wildman–Crippen LogP) is 5.04. The molecule has 0 saturated carbocycles. The third-order valence-electron chi connectivity index (χ3n) is 4.56. The van der Waals surface area contributed by atoms with E-state index in [4.69, 9.17) is 16.0 Å². The van der Waals surface area contributed by atoms with Crippen molar-refractivity contribution in [2.24, 2.45) is 0 Å². The van der Waals surface area contributed by atoms with E-state index in [1.54, 1.807) is 30.7 Å². The quantitative estimate of drug-likeness (QED) is 0.462. The normalized spacial score (nSPS) is 11.2. The molecule has 0 radical (unpaired) electrons. The van der Waals surface area contributed by atoms with Gasteiger partial charge in [-0.15, -0.1) is 0 Å². The molecule has 4 nitrogen and oxygen atoms in total. The van der Waals surface area contributed by atoms with Crippen LogP contribution in [0.5, 0.6) is 0 Å². The lowest BCUT2D eigenvalue weighted by molar-refractivity contribution is 0.242. The van der Waals surface area contributed by atoms with Crippen LogP contribution in [0.1, 0.15) is 16.8 Å². The molecule has 28 heavy (non-hydrogen) atoms. The van der Waals surface area contributed by atoms with Crippen LogP contribution in [0.25, 0.3) is 11.0 Å². The van der Waals surface area contributed by atoms with Crippen LogP contribution in [0.3, 0.4) is 0 Å². The zero-order chi connectivity index (χ0) is 19.3. The molecule has 0 aliphatic rings. The fraction of sp³-hybridized carbons (Fsp3) is 0.130. The van der Waals surface area contributed by atoms with Crippen molar-refractivity contribution in [3.63, 3.8) is 0 Å². The van der Waals surface area contributed by atoms with E-state index >= 15 is 0 Å². The highest BCUT2D eigenvalue weighted by atomic mass is 35.5. The molecule has 0 aliphatic heterocycles. The van der Waals surface area contributed by atoms with Crippen LogP contribution in [-0.2, 0) is 19.6 Å². The Morgan fingerprint density at radius 3 is 2.54 bits per heavy atom. The lowest BCUT2D eigenvalue weighted by Crippen LogP contribution is -2.26. The zero-order valence-corrected chi connectivity index (χ0v) is 16.0. The van der Waals surface area contributed by atoms with Crippen molar-refractivity contribution in [3.05, 3.63) is 111 Å². The minimum absolute atomic E-state index is 0.0529. The van der Waals surface area contributed by atoms with Gasteiger partial charge in [-0.2, -0.15) is 0 Å². The molecular weight excluding hydrogens is 372 g/mol. The van der Waals surface area contributed by atoms with Crippen molar-refractivity contribution in [1.82, 2.24) is 9.88 Å². The molecule has 0 N–H and O–H groups in total. The van der Waals surface area contributed by atoms with E-state index in [9.17, 15) is 4.79 Å². The summed E-state index contributed by atoms with van der Waals surface area (Å²) >= 11 is 6.06. The fourth-order valence-corrected chi connectivity index (χ4v) is 3.40. The van der Waals surface area contributed by atoms with Gasteiger partial charge in [-0.05, 0) is 35.9 Å². The third-order valence-corrected chi connectivity index (χ3v) is 4.80. The maximum absolute atomic E-state index is 13.0. The summed E-state index contributed by atoms with van der Waals surface area (Å²) in [6.45, 7) is 1.78. The minimum Gasteiger partial charge on any atom is -0.464 e. The number of fused-ring (bicyclic) bond motifs is 1. The van der Waals surface area contributed by atoms with Gasteiger partial charge in [0.2, 0.25) is 0 Å². The van der Waals surface area contributed by atoms with E-state index in [-0.39, 0.29) is 5.43 Å². The third kappa shape index (κ3) is 4.30. The molecule has 0 fully saturated rings. The maximum atomic E-state index is 13.0. The highest BCUT2D eigenvalue weighted by molar-refractivity contribution is 6.31. The van der Waals surface area contributed by atoms with Crippen LogP contribution in [-0.4, -0.2) is 9.88 Å². The Bertz CT molecular complexity index is 1090. The van der Waals surface area contributed by atoms with Gasteiger partial charge in [-0.1, -0.05) is 48.0 Å². The van der Waals surface area contributed by atoms with Crippen LogP contribution >= 0.6 is 11.6 Å². The summed E-state index contributed by atoms with van der Waals surface area (Å²) in [6.07, 6.45) is 3.33. The number of aromatic nitrogens is 1. The molecule has 2 heterocycles. The summed E-state index contributed by atoms with van der Waals surface area (Å²) in [5.41, 5.74) is 3.21. The van der Waals surface area contributed by atoms with Crippen molar-refractivity contribution in [2.45, 2.75) is 19.6 Å². The highest BCUT2D eigenvalue weighted by Crippen LogP contribution is 2.18. The van der Waals surface area contributed by atoms with Gasteiger partial charge >= 0.3 is 0 Å². The number of halogens is 1. The molecule has 0 amide bonds. The highest BCUT2D eigenvalue weighted by Gasteiger charge is 2.14. The van der Waals surface area contributed by atoms with Gasteiger partial charge in [-0.25, -0.2) is 0 Å². The SMILES string of the molecule is O=c1c(CN(Cc2ccccc2)Cc2ccccn2)coc2ccc(Cl)cc12. The summed E-state index contributed by atoms with van der Waals surface area (Å²) in [5.74, 6) is 0. The standard InChI is InChI=1S/C23H19ClN2O2/c24-19-9-10-22-21(12-19)23(27)18(16-28-22)14-26(13-17-6-2-1-3-7-17)15-20-8-4-5-11-25-20/h1-12,16H,13-15H2. The largest absolute Gasteiger partial charge is 0.464 e. The first-order valence-electron chi connectivity index (χ1n) is 9.05. The molecule has 2 aromatic heterocycles. The number of pyridine rings is 1. The van der Waals surface area contributed by atoms with Crippen molar-refractivity contribution in [2.75, 3.05) is 0 Å². The van der Waals surface area contributed by atoms with Crippen molar-refractivity contribution < 1.29 is 4.42 Å². The Morgan fingerprint density at radius 1 is 0.929 bits per heavy atom. The van der Waals surface area contributed by atoms with Crippen LogP contribution in [0.2, 0.25) is 5.02 Å². The molecule has 4 rings (SSSR count). The molecule has 0 atom stereocenters. The zero-order valence-electron chi connectivity index (χ0n) is 15.2. The second-order valence-electron chi connectivity index (χ2n) is 6.68. The second kappa shape index (κ2) is 8.38. The van der Waals surface area contributed by atoms with Gasteiger partial charge in [0.25, 0.3) is 0 Å². The monoisotopic (exact) mass is 390 g/mol. The second-order valence-corrected chi connectivity index (χ2v) is 7.12. The van der Waals surface area contributed by atoms with E-state index in [2.05, 4.69) is 22.0 Å². The summed E-state index contributed by atoms with van der Waals surface area (Å²) in [7, 11) is 0. The first kappa shape index (κ1) is 18.4.